The topological polar surface area (TPSA) is 26.3 Å². The van der Waals surface area contributed by atoms with E-state index in [0.717, 1.165) is 0 Å². The first-order valence-corrected chi connectivity index (χ1v) is 4.67. The molecule has 0 aliphatic carbocycles. The van der Waals surface area contributed by atoms with Gasteiger partial charge in [-0.1, -0.05) is 31.9 Å². The van der Waals surface area contributed by atoms with Crippen molar-refractivity contribution in [2.75, 3.05) is 0 Å². The Morgan fingerprint density at radius 3 is 2.00 bits per heavy atom. The summed E-state index contributed by atoms with van der Waals surface area (Å²) in [6, 6.07) is 0. The lowest BCUT2D eigenvalue weighted by atomic mass is 10.2. The lowest BCUT2D eigenvalue weighted by Gasteiger charge is -2.25. The molecule has 10 heavy (non-hydrogen) atoms. The molecule has 2 nitrogen and oxygen atoms in total. The predicted octanol–water partition coefficient (Wildman–Crippen LogP) is 2.44. The third kappa shape index (κ3) is 3.56. The first-order valence-electron chi connectivity index (χ1n) is 2.84. The Balaban J connectivity index is 3.99. The number of ether oxygens (including phenoxy) is 1. The van der Waals surface area contributed by atoms with Gasteiger partial charge in [-0.2, -0.15) is 0 Å². The number of halogens is 2. The predicted molar refractivity (Wildman–Crippen MR) is 47.5 cm³/mol. The molecule has 0 N–H and O–H groups in total. The molecule has 0 aliphatic rings. The summed E-state index contributed by atoms with van der Waals surface area (Å²) in [7, 11) is 0. The largest absolute Gasteiger partial charge is 0.458 e. The van der Waals surface area contributed by atoms with Gasteiger partial charge in [0.15, 0.2) is 0 Å². The standard InChI is InChI=1S/C6H10Br2O2/c1-4(9)10-6(2,3)5(7)8/h5H,1-3H3. The Morgan fingerprint density at radius 1 is 1.50 bits per heavy atom. The summed E-state index contributed by atoms with van der Waals surface area (Å²) >= 11 is 6.53. The molecule has 0 saturated heterocycles. The zero-order chi connectivity index (χ0) is 8.36. The van der Waals surface area contributed by atoms with Crippen LogP contribution in [0.1, 0.15) is 20.8 Å². The monoisotopic (exact) mass is 272 g/mol. The molecule has 4 heteroatoms. The van der Waals surface area contributed by atoms with Gasteiger partial charge in [-0.05, 0) is 13.8 Å². The lowest BCUT2D eigenvalue weighted by molar-refractivity contribution is -0.151. The molecule has 0 fully saturated rings. The molecule has 0 heterocycles. The summed E-state index contributed by atoms with van der Waals surface area (Å²) in [5, 5.41) is 0. The Hall–Kier alpha value is 0.430. The summed E-state index contributed by atoms with van der Waals surface area (Å²) in [6.45, 7) is 5.04. The van der Waals surface area contributed by atoms with Crippen LogP contribution in [-0.4, -0.2) is 15.3 Å². The van der Waals surface area contributed by atoms with E-state index in [9.17, 15) is 4.79 Å². The summed E-state index contributed by atoms with van der Waals surface area (Å²) < 4.78 is 4.95. The van der Waals surface area contributed by atoms with Crippen molar-refractivity contribution < 1.29 is 9.53 Å². The van der Waals surface area contributed by atoms with Gasteiger partial charge in [-0.15, -0.1) is 0 Å². The molecule has 0 aromatic rings. The number of hydrogen-bond donors (Lipinski definition) is 0. The van der Waals surface area contributed by atoms with E-state index in [2.05, 4.69) is 31.9 Å². The van der Waals surface area contributed by atoms with Gasteiger partial charge in [0, 0.05) is 6.92 Å². The van der Waals surface area contributed by atoms with E-state index in [0.29, 0.717) is 0 Å². The summed E-state index contributed by atoms with van der Waals surface area (Å²) in [4.78, 5) is 10.5. The Morgan fingerprint density at radius 2 is 1.90 bits per heavy atom. The molecule has 60 valence electrons. The van der Waals surface area contributed by atoms with E-state index in [1.54, 1.807) is 0 Å². The first kappa shape index (κ1) is 10.4. The molecular weight excluding hydrogens is 264 g/mol. The van der Waals surface area contributed by atoms with Crippen LogP contribution in [0.2, 0.25) is 0 Å². The number of carbonyl (C=O) groups excluding carboxylic acids is 1. The van der Waals surface area contributed by atoms with Gasteiger partial charge in [0.05, 0.1) is 0 Å². The molecule has 0 bridgehead atoms. The molecule has 0 unspecified atom stereocenters. The molecule has 0 radical (unpaired) electrons. The van der Waals surface area contributed by atoms with Crippen LogP contribution in [0.25, 0.3) is 0 Å². The third-order valence-corrected chi connectivity index (χ3v) is 3.14. The van der Waals surface area contributed by atoms with Gasteiger partial charge in [0.1, 0.15) is 9.34 Å². The minimum absolute atomic E-state index is 0.0172. The normalized spacial score (nSPS) is 11.8. The molecule has 0 aromatic carbocycles. The van der Waals surface area contributed by atoms with Crippen LogP contribution in [0.5, 0.6) is 0 Å². The fraction of sp³-hybridized carbons (Fsp3) is 0.833. The van der Waals surface area contributed by atoms with E-state index in [-0.39, 0.29) is 9.71 Å². The minimum atomic E-state index is -0.494. The molecule has 0 amide bonds. The van der Waals surface area contributed by atoms with Gasteiger partial charge in [0.2, 0.25) is 0 Å². The van der Waals surface area contributed by atoms with Crippen LogP contribution in [0, 0.1) is 0 Å². The van der Waals surface area contributed by atoms with E-state index >= 15 is 0 Å². The molecule has 0 saturated carbocycles. The molecule has 0 spiro atoms. The van der Waals surface area contributed by atoms with Crippen molar-refractivity contribution in [3.63, 3.8) is 0 Å². The van der Waals surface area contributed by atoms with Crippen molar-refractivity contribution in [3.05, 3.63) is 0 Å². The van der Waals surface area contributed by atoms with Crippen LogP contribution in [0.15, 0.2) is 0 Å². The van der Waals surface area contributed by atoms with Gasteiger partial charge in [-0.25, -0.2) is 0 Å². The number of esters is 1. The van der Waals surface area contributed by atoms with Crippen LogP contribution in [-0.2, 0) is 9.53 Å². The second kappa shape index (κ2) is 3.72. The summed E-state index contributed by atoms with van der Waals surface area (Å²) in [5.41, 5.74) is -0.494. The van der Waals surface area contributed by atoms with Gasteiger partial charge in [-0.3, -0.25) is 4.79 Å². The van der Waals surface area contributed by atoms with Crippen LogP contribution < -0.4 is 0 Å². The average Bonchev–Trinajstić information content (AvgIpc) is 1.60. The molecule has 0 aromatic heterocycles. The highest BCUT2D eigenvalue weighted by Crippen LogP contribution is 2.26. The van der Waals surface area contributed by atoms with Crippen molar-refractivity contribution in [2.45, 2.75) is 30.1 Å². The maximum absolute atomic E-state index is 10.5. The highest BCUT2D eigenvalue weighted by molar-refractivity contribution is 9.24. The van der Waals surface area contributed by atoms with Gasteiger partial charge < -0.3 is 4.74 Å². The SMILES string of the molecule is CC(=O)OC(C)(C)C(Br)Br. The molecule has 0 atom stereocenters. The number of hydrogen-bond acceptors (Lipinski definition) is 2. The highest BCUT2D eigenvalue weighted by atomic mass is 79.9. The van der Waals surface area contributed by atoms with Gasteiger partial charge >= 0.3 is 5.97 Å². The van der Waals surface area contributed by atoms with E-state index in [4.69, 9.17) is 4.74 Å². The van der Waals surface area contributed by atoms with E-state index in [1.807, 2.05) is 13.8 Å². The molecular formula is C6H10Br2O2. The van der Waals surface area contributed by atoms with Crippen molar-refractivity contribution in [3.8, 4) is 0 Å². The fourth-order valence-corrected chi connectivity index (χ4v) is 0.602. The zero-order valence-corrected chi connectivity index (χ0v) is 9.32. The Labute approximate surface area is 77.6 Å². The van der Waals surface area contributed by atoms with Crippen molar-refractivity contribution in [1.82, 2.24) is 0 Å². The fourth-order valence-electron chi connectivity index (χ4n) is 0.415. The number of carbonyl (C=O) groups is 1. The average molecular weight is 274 g/mol. The lowest BCUT2D eigenvalue weighted by Crippen LogP contribution is -2.33. The maximum Gasteiger partial charge on any atom is 0.303 e. The Bertz CT molecular complexity index is 132. The zero-order valence-electron chi connectivity index (χ0n) is 6.15. The number of alkyl halides is 2. The minimum Gasteiger partial charge on any atom is -0.458 e. The second-order valence-electron chi connectivity index (χ2n) is 2.50. The smallest absolute Gasteiger partial charge is 0.303 e. The van der Waals surface area contributed by atoms with Crippen molar-refractivity contribution >= 4 is 37.8 Å². The second-order valence-corrected chi connectivity index (χ2v) is 5.56. The highest BCUT2D eigenvalue weighted by Gasteiger charge is 2.28. The van der Waals surface area contributed by atoms with Crippen molar-refractivity contribution in [2.24, 2.45) is 0 Å². The van der Waals surface area contributed by atoms with Crippen LogP contribution >= 0.6 is 31.9 Å². The van der Waals surface area contributed by atoms with E-state index in [1.165, 1.54) is 6.92 Å². The maximum atomic E-state index is 10.5. The van der Waals surface area contributed by atoms with E-state index < -0.39 is 5.60 Å². The number of rotatable bonds is 2. The van der Waals surface area contributed by atoms with Crippen molar-refractivity contribution in [1.29, 1.82) is 0 Å². The Kier molecular flexibility index (Phi) is 3.88. The summed E-state index contributed by atoms with van der Waals surface area (Å²) in [5.74, 6) is -0.270. The summed E-state index contributed by atoms with van der Waals surface area (Å²) in [6.07, 6.45) is 0. The quantitative estimate of drug-likeness (QED) is 0.571. The molecule has 0 rings (SSSR count). The van der Waals surface area contributed by atoms with Crippen LogP contribution in [0.3, 0.4) is 0 Å². The molecule has 0 aliphatic heterocycles. The first-order chi connectivity index (χ1) is 4.36. The van der Waals surface area contributed by atoms with Crippen LogP contribution in [0.4, 0.5) is 0 Å². The van der Waals surface area contributed by atoms with Gasteiger partial charge in [0.25, 0.3) is 0 Å². The third-order valence-electron chi connectivity index (χ3n) is 0.932.